The number of alkyl halides is 3. The number of fused-ring (bicyclic) bond motifs is 1. The molecule has 0 saturated carbocycles. The number of piperazine rings is 1. The van der Waals surface area contributed by atoms with E-state index in [1.54, 1.807) is 24.3 Å². The lowest BCUT2D eigenvalue weighted by Crippen LogP contribution is -2.49. The summed E-state index contributed by atoms with van der Waals surface area (Å²) in [5.74, 6) is -0.0319. The Labute approximate surface area is 163 Å². The molecule has 0 radical (unpaired) electrons. The van der Waals surface area contributed by atoms with Crippen molar-refractivity contribution < 1.29 is 18.0 Å². The molecule has 0 aliphatic carbocycles. The van der Waals surface area contributed by atoms with E-state index in [-0.39, 0.29) is 11.1 Å². The average molecular weight is 402 g/mol. The molecule has 6 nitrogen and oxygen atoms in total. The number of halogens is 3. The number of hydrogen-bond donors (Lipinski definition) is 1. The van der Waals surface area contributed by atoms with Crippen LogP contribution in [0.25, 0.3) is 10.9 Å². The van der Waals surface area contributed by atoms with Crippen LogP contribution in [0.4, 0.5) is 19.1 Å². The minimum Gasteiger partial charge on any atom is -0.339 e. The quantitative estimate of drug-likeness (QED) is 0.716. The van der Waals surface area contributed by atoms with E-state index >= 15 is 0 Å². The maximum atomic E-state index is 12.9. The van der Waals surface area contributed by atoms with Gasteiger partial charge in [0.15, 0.2) is 0 Å². The molecule has 4 rings (SSSR count). The van der Waals surface area contributed by atoms with Gasteiger partial charge in [-0.15, -0.1) is 0 Å². The fraction of sp³-hybridized carbons (Fsp3) is 0.250. The minimum atomic E-state index is -4.50. The van der Waals surface area contributed by atoms with Gasteiger partial charge in [-0.1, -0.05) is 18.2 Å². The normalized spacial score (nSPS) is 15.0. The van der Waals surface area contributed by atoms with Crippen molar-refractivity contribution in [2.24, 2.45) is 0 Å². The molecule has 0 bridgehead atoms. The van der Waals surface area contributed by atoms with Crippen molar-refractivity contribution in [1.29, 1.82) is 0 Å². The summed E-state index contributed by atoms with van der Waals surface area (Å²) >= 11 is 0. The van der Waals surface area contributed by atoms with Crippen LogP contribution < -0.4 is 10.5 Å². The highest BCUT2D eigenvalue weighted by Gasteiger charge is 2.32. The largest absolute Gasteiger partial charge is 0.416 e. The number of H-pyrrole nitrogens is 1. The standard InChI is InChI=1S/C20H17F3N4O2/c21-20(22,23)14-5-3-4-13(12-14)18(29)26-8-10-27(11-9-26)19-24-16-7-2-1-6-15(16)17(28)25-19/h1-7,12H,8-11H2,(H,24,25,28). The van der Waals surface area contributed by atoms with E-state index in [4.69, 9.17) is 0 Å². The summed E-state index contributed by atoms with van der Waals surface area (Å²) in [6, 6.07) is 11.4. The third-order valence-electron chi connectivity index (χ3n) is 4.90. The highest BCUT2D eigenvalue weighted by Crippen LogP contribution is 2.29. The summed E-state index contributed by atoms with van der Waals surface area (Å²) in [6.07, 6.45) is -4.50. The molecule has 1 aliphatic heterocycles. The lowest BCUT2D eigenvalue weighted by molar-refractivity contribution is -0.137. The highest BCUT2D eigenvalue weighted by atomic mass is 19.4. The SMILES string of the molecule is O=C(c1cccc(C(F)(F)F)c1)N1CCN(c2nc3ccccc3c(=O)[nH]2)CC1. The zero-order chi connectivity index (χ0) is 20.6. The van der Waals surface area contributed by atoms with E-state index in [0.29, 0.717) is 43.0 Å². The summed E-state index contributed by atoms with van der Waals surface area (Å²) in [5, 5.41) is 0.495. The Hall–Kier alpha value is -3.36. The topological polar surface area (TPSA) is 69.3 Å². The molecule has 150 valence electrons. The smallest absolute Gasteiger partial charge is 0.339 e. The third kappa shape index (κ3) is 3.80. The van der Waals surface area contributed by atoms with Crippen molar-refractivity contribution in [3.8, 4) is 0 Å². The van der Waals surface area contributed by atoms with Gasteiger partial charge in [0, 0.05) is 31.7 Å². The van der Waals surface area contributed by atoms with Gasteiger partial charge >= 0.3 is 6.18 Å². The van der Waals surface area contributed by atoms with E-state index in [9.17, 15) is 22.8 Å². The highest BCUT2D eigenvalue weighted by molar-refractivity contribution is 5.94. The van der Waals surface area contributed by atoms with Gasteiger partial charge in [0.1, 0.15) is 0 Å². The van der Waals surface area contributed by atoms with E-state index in [1.807, 2.05) is 4.90 Å². The summed E-state index contributed by atoms with van der Waals surface area (Å²) in [7, 11) is 0. The van der Waals surface area contributed by atoms with Crippen LogP contribution in [0.5, 0.6) is 0 Å². The van der Waals surface area contributed by atoms with Gasteiger partial charge in [-0.2, -0.15) is 13.2 Å². The number of amides is 1. The fourth-order valence-electron chi connectivity index (χ4n) is 3.36. The van der Waals surface area contributed by atoms with Crippen molar-refractivity contribution in [1.82, 2.24) is 14.9 Å². The Morgan fingerprint density at radius 3 is 2.45 bits per heavy atom. The van der Waals surface area contributed by atoms with Crippen LogP contribution in [-0.2, 0) is 6.18 Å². The zero-order valence-corrected chi connectivity index (χ0v) is 15.2. The number of aromatic nitrogens is 2. The minimum absolute atomic E-state index is 0.00510. The van der Waals surface area contributed by atoms with Crippen LogP contribution in [0.3, 0.4) is 0 Å². The molecular weight excluding hydrogens is 385 g/mol. The van der Waals surface area contributed by atoms with Crippen molar-refractivity contribution in [3.63, 3.8) is 0 Å². The first-order chi connectivity index (χ1) is 13.8. The Bertz CT molecular complexity index is 1120. The Morgan fingerprint density at radius 2 is 1.72 bits per heavy atom. The lowest BCUT2D eigenvalue weighted by atomic mass is 10.1. The van der Waals surface area contributed by atoms with Crippen LogP contribution in [0.1, 0.15) is 15.9 Å². The molecule has 2 heterocycles. The number of anilines is 1. The molecule has 0 unspecified atom stereocenters. The predicted molar refractivity (Wildman–Crippen MR) is 102 cm³/mol. The van der Waals surface area contributed by atoms with Crippen LogP contribution in [-0.4, -0.2) is 47.0 Å². The van der Waals surface area contributed by atoms with Crippen molar-refractivity contribution in [2.45, 2.75) is 6.18 Å². The number of benzene rings is 2. The van der Waals surface area contributed by atoms with E-state index in [0.717, 1.165) is 12.1 Å². The van der Waals surface area contributed by atoms with E-state index < -0.39 is 17.6 Å². The number of carbonyl (C=O) groups excluding carboxylic acids is 1. The van der Waals surface area contributed by atoms with Crippen molar-refractivity contribution in [3.05, 3.63) is 70.0 Å². The van der Waals surface area contributed by atoms with Gasteiger partial charge in [0.25, 0.3) is 11.5 Å². The van der Waals surface area contributed by atoms with Gasteiger partial charge in [0.2, 0.25) is 5.95 Å². The number of nitrogens with one attached hydrogen (secondary N) is 1. The van der Waals surface area contributed by atoms with Crippen LogP contribution in [0, 0.1) is 0 Å². The first kappa shape index (κ1) is 19.0. The molecule has 2 aromatic carbocycles. The number of rotatable bonds is 2. The predicted octanol–water partition coefficient (Wildman–Crippen LogP) is 2.90. The second kappa shape index (κ2) is 7.23. The number of nitrogens with zero attached hydrogens (tertiary/aromatic N) is 3. The number of carbonyl (C=O) groups is 1. The maximum Gasteiger partial charge on any atom is 0.416 e. The van der Waals surface area contributed by atoms with E-state index in [1.165, 1.54) is 17.0 Å². The second-order valence-corrected chi connectivity index (χ2v) is 6.76. The molecule has 0 spiro atoms. The molecule has 1 aliphatic rings. The molecule has 0 atom stereocenters. The summed E-state index contributed by atoms with van der Waals surface area (Å²) in [6.45, 7) is 1.44. The first-order valence-electron chi connectivity index (χ1n) is 9.03. The van der Waals surface area contributed by atoms with Crippen molar-refractivity contribution >= 4 is 22.8 Å². The molecule has 9 heteroatoms. The summed E-state index contributed by atoms with van der Waals surface area (Å²) < 4.78 is 38.7. The number of aromatic amines is 1. The second-order valence-electron chi connectivity index (χ2n) is 6.76. The maximum absolute atomic E-state index is 12.9. The Kier molecular flexibility index (Phi) is 4.73. The summed E-state index contributed by atoms with van der Waals surface area (Å²) in [4.78, 5) is 35.4. The zero-order valence-electron chi connectivity index (χ0n) is 15.2. The molecular formula is C20H17F3N4O2. The number of para-hydroxylation sites is 1. The summed E-state index contributed by atoms with van der Waals surface area (Å²) in [5.41, 5.74) is -0.507. The molecule has 1 aromatic heterocycles. The van der Waals surface area contributed by atoms with Crippen LogP contribution in [0.2, 0.25) is 0 Å². The molecule has 1 amide bonds. The molecule has 3 aromatic rings. The Morgan fingerprint density at radius 1 is 1.00 bits per heavy atom. The molecule has 1 N–H and O–H groups in total. The van der Waals surface area contributed by atoms with Gasteiger partial charge in [-0.05, 0) is 30.3 Å². The van der Waals surface area contributed by atoms with Crippen molar-refractivity contribution in [2.75, 3.05) is 31.1 Å². The van der Waals surface area contributed by atoms with Crippen LogP contribution >= 0.6 is 0 Å². The van der Waals surface area contributed by atoms with Gasteiger partial charge < -0.3 is 9.80 Å². The van der Waals surface area contributed by atoms with Gasteiger partial charge in [-0.25, -0.2) is 4.98 Å². The lowest BCUT2D eigenvalue weighted by Gasteiger charge is -2.35. The number of hydrogen-bond acceptors (Lipinski definition) is 4. The van der Waals surface area contributed by atoms with Gasteiger partial charge in [-0.3, -0.25) is 14.6 Å². The first-order valence-corrected chi connectivity index (χ1v) is 9.03. The van der Waals surface area contributed by atoms with Crippen LogP contribution in [0.15, 0.2) is 53.3 Å². The Balaban J connectivity index is 1.49. The van der Waals surface area contributed by atoms with Gasteiger partial charge in [0.05, 0.1) is 16.5 Å². The van der Waals surface area contributed by atoms with E-state index in [2.05, 4.69) is 9.97 Å². The average Bonchev–Trinajstić information content (AvgIpc) is 2.73. The molecule has 1 saturated heterocycles. The molecule has 1 fully saturated rings. The third-order valence-corrected chi connectivity index (χ3v) is 4.90. The fourth-order valence-corrected chi connectivity index (χ4v) is 3.36. The monoisotopic (exact) mass is 402 g/mol. The molecule has 29 heavy (non-hydrogen) atoms.